The number of aryl methyl sites for hydroxylation is 1. The van der Waals surface area contributed by atoms with Gasteiger partial charge in [-0.2, -0.15) is 0 Å². The molecule has 5 nitrogen and oxygen atoms in total. The lowest BCUT2D eigenvalue weighted by atomic mass is 9.79. The SMILES string of the molecule is COc1cc(OC)c2c(c1)C(=O)c1cc(C)c(C(C)C)c(O)c1C2=O. The van der Waals surface area contributed by atoms with Crippen LogP contribution >= 0.6 is 0 Å². The topological polar surface area (TPSA) is 72.8 Å². The third-order valence-corrected chi connectivity index (χ3v) is 4.60. The quantitative estimate of drug-likeness (QED) is 0.788. The average Bonchev–Trinajstić information content (AvgIpc) is 2.57. The van der Waals surface area contributed by atoms with Gasteiger partial charge in [-0.05, 0) is 30.5 Å². The summed E-state index contributed by atoms with van der Waals surface area (Å²) in [6, 6.07) is 4.77. The van der Waals surface area contributed by atoms with Crippen LogP contribution in [-0.4, -0.2) is 30.9 Å². The zero-order valence-electron chi connectivity index (χ0n) is 14.9. The highest BCUT2D eigenvalue weighted by Crippen LogP contribution is 2.42. The van der Waals surface area contributed by atoms with E-state index in [1.807, 2.05) is 20.8 Å². The highest BCUT2D eigenvalue weighted by Gasteiger charge is 2.36. The first-order chi connectivity index (χ1) is 11.8. The van der Waals surface area contributed by atoms with Crippen molar-refractivity contribution in [2.24, 2.45) is 0 Å². The molecule has 1 aliphatic rings. The lowest BCUT2D eigenvalue weighted by Gasteiger charge is -2.24. The summed E-state index contributed by atoms with van der Waals surface area (Å²) in [6.45, 7) is 5.70. The molecular formula is C20H20O5. The Morgan fingerprint density at radius 3 is 2.12 bits per heavy atom. The maximum Gasteiger partial charge on any atom is 0.201 e. The third kappa shape index (κ3) is 2.38. The van der Waals surface area contributed by atoms with Gasteiger partial charge in [0, 0.05) is 22.8 Å². The molecule has 0 amide bonds. The third-order valence-electron chi connectivity index (χ3n) is 4.60. The number of rotatable bonds is 3. The molecule has 2 aromatic rings. The summed E-state index contributed by atoms with van der Waals surface area (Å²) in [5.74, 6) is -0.150. The van der Waals surface area contributed by atoms with E-state index >= 15 is 0 Å². The Bertz CT molecular complexity index is 909. The maximum atomic E-state index is 13.1. The second kappa shape index (κ2) is 5.92. The van der Waals surface area contributed by atoms with Crippen molar-refractivity contribution in [2.75, 3.05) is 14.2 Å². The molecule has 0 heterocycles. The van der Waals surface area contributed by atoms with Gasteiger partial charge < -0.3 is 14.6 Å². The first kappa shape index (κ1) is 17.0. The summed E-state index contributed by atoms with van der Waals surface area (Å²) in [5, 5.41) is 10.7. The van der Waals surface area contributed by atoms with Crippen LogP contribution in [0, 0.1) is 6.92 Å². The lowest BCUT2D eigenvalue weighted by molar-refractivity contribution is 0.0973. The van der Waals surface area contributed by atoms with Crippen molar-refractivity contribution in [2.45, 2.75) is 26.7 Å². The van der Waals surface area contributed by atoms with E-state index in [1.54, 1.807) is 12.1 Å². The second-order valence-electron chi connectivity index (χ2n) is 6.44. The zero-order valence-corrected chi connectivity index (χ0v) is 14.9. The molecular weight excluding hydrogens is 320 g/mol. The van der Waals surface area contributed by atoms with Gasteiger partial charge >= 0.3 is 0 Å². The van der Waals surface area contributed by atoms with Gasteiger partial charge in [-0.15, -0.1) is 0 Å². The summed E-state index contributed by atoms with van der Waals surface area (Å²) in [5.41, 5.74) is 2.11. The van der Waals surface area contributed by atoms with Gasteiger partial charge in [0.1, 0.15) is 17.2 Å². The normalized spacial score (nSPS) is 12.9. The van der Waals surface area contributed by atoms with Crippen LogP contribution in [0.5, 0.6) is 17.2 Å². The fraction of sp³-hybridized carbons (Fsp3) is 0.300. The molecule has 0 saturated heterocycles. The van der Waals surface area contributed by atoms with Crippen LogP contribution in [0.1, 0.15) is 62.7 Å². The number of carbonyl (C=O) groups is 2. The van der Waals surface area contributed by atoms with E-state index in [4.69, 9.17) is 9.47 Å². The van der Waals surface area contributed by atoms with Gasteiger partial charge in [-0.25, -0.2) is 0 Å². The van der Waals surface area contributed by atoms with E-state index in [2.05, 4.69) is 0 Å². The Morgan fingerprint density at radius 1 is 0.920 bits per heavy atom. The van der Waals surface area contributed by atoms with Gasteiger partial charge in [0.15, 0.2) is 5.78 Å². The summed E-state index contributed by atoms with van der Waals surface area (Å²) in [7, 11) is 2.91. The molecule has 0 aliphatic heterocycles. The van der Waals surface area contributed by atoms with E-state index in [9.17, 15) is 14.7 Å². The second-order valence-corrected chi connectivity index (χ2v) is 6.44. The fourth-order valence-electron chi connectivity index (χ4n) is 3.51. The van der Waals surface area contributed by atoms with E-state index in [-0.39, 0.29) is 45.5 Å². The minimum atomic E-state index is -0.413. The molecule has 25 heavy (non-hydrogen) atoms. The van der Waals surface area contributed by atoms with Crippen molar-refractivity contribution in [3.8, 4) is 17.2 Å². The van der Waals surface area contributed by atoms with E-state index < -0.39 is 5.78 Å². The highest BCUT2D eigenvalue weighted by atomic mass is 16.5. The number of aromatic hydroxyl groups is 1. The molecule has 0 atom stereocenters. The summed E-state index contributed by atoms with van der Waals surface area (Å²) >= 11 is 0. The Morgan fingerprint density at radius 2 is 1.56 bits per heavy atom. The van der Waals surface area contributed by atoms with Crippen molar-refractivity contribution >= 4 is 11.6 Å². The number of fused-ring (bicyclic) bond motifs is 2. The fourth-order valence-corrected chi connectivity index (χ4v) is 3.51. The number of phenols is 1. The van der Waals surface area contributed by atoms with Crippen molar-refractivity contribution < 1.29 is 24.2 Å². The Labute approximate surface area is 146 Å². The summed E-state index contributed by atoms with van der Waals surface area (Å²) in [6.07, 6.45) is 0. The molecule has 130 valence electrons. The number of phenolic OH excluding ortho intramolecular Hbond substituents is 1. The molecule has 1 N–H and O–H groups in total. The molecule has 2 aromatic carbocycles. The maximum absolute atomic E-state index is 13.1. The monoisotopic (exact) mass is 340 g/mol. The molecule has 0 bridgehead atoms. The van der Waals surface area contributed by atoms with Crippen LogP contribution < -0.4 is 9.47 Å². The molecule has 0 spiro atoms. The Hall–Kier alpha value is -2.82. The number of benzene rings is 2. The van der Waals surface area contributed by atoms with E-state index in [0.717, 1.165) is 5.56 Å². The summed E-state index contributed by atoms with van der Waals surface area (Å²) in [4.78, 5) is 26.1. The van der Waals surface area contributed by atoms with Gasteiger partial charge in [0.2, 0.25) is 5.78 Å². The average molecular weight is 340 g/mol. The van der Waals surface area contributed by atoms with E-state index in [0.29, 0.717) is 11.3 Å². The molecule has 0 fully saturated rings. The predicted molar refractivity (Wildman–Crippen MR) is 93.3 cm³/mol. The molecule has 5 heteroatoms. The van der Waals surface area contributed by atoms with Crippen LogP contribution in [0.3, 0.4) is 0 Å². The summed E-state index contributed by atoms with van der Waals surface area (Å²) < 4.78 is 10.5. The van der Waals surface area contributed by atoms with Crippen LogP contribution in [0.15, 0.2) is 18.2 Å². The molecule has 0 saturated carbocycles. The van der Waals surface area contributed by atoms with Crippen LogP contribution in [0.4, 0.5) is 0 Å². The van der Waals surface area contributed by atoms with Crippen LogP contribution in [0.2, 0.25) is 0 Å². The predicted octanol–water partition coefficient (Wildman–Crippen LogP) is 3.62. The van der Waals surface area contributed by atoms with Crippen LogP contribution in [0.25, 0.3) is 0 Å². The largest absolute Gasteiger partial charge is 0.507 e. The number of ketones is 2. The number of carbonyl (C=O) groups excluding carboxylic acids is 2. The molecule has 0 radical (unpaired) electrons. The minimum absolute atomic E-state index is 0.0207. The van der Waals surface area contributed by atoms with Gasteiger partial charge in [0.05, 0.1) is 25.3 Å². The van der Waals surface area contributed by atoms with E-state index in [1.165, 1.54) is 20.3 Å². The zero-order chi connectivity index (χ0) is 18.5. The van der Waals surface area contributed by atoms with Gasteiger partial charge in [-0.3, -0.25) is 9.59 Å². The molecule has 0 unspecified atom stereocenters. The van der Waals surface area contributed by atoms with Crippen LogP contribution in [-0.2, 0) is 0 Å². The van der Waals surface area contributed by atoms with Gasteiger partial charge in [0.25, 0.3) is 0 Å². The van der Waals surface area contributed by atoms with Crippen molar-refractivity contribution in [1.82, 2.24) is 0 Å². The number of hydrogen-bond donors (Lipinski definition) is 1. The first-order valence-electron chi connectivity index (χ1n) is 8.03. The number of methoxy groups -OCH3 is 2. The molecule has 0 aromatic heterocycles. The number of ether oxygens (including phenoxy) is 2. The smallest absolute Gasteiger partial charge is 0.201 e. The lowest BCUT2D eigenvalue weighted by Crippen LogP contribution is -2.23. The van der Waals surface area contributed by atoms with Crippen molar-refractivity contribution in [3.05, 3.63) is 51.6 Å². The first-order valence-corrected chi connectivity index (χ1v) is 8.03. The highest BCUT2D eigenvalue weighted by molar-refractivity contribution is 6.30. The van der Waals surface area contributed by atoms with Crippen molar-refractivity contribution in [1.29, 1.82) is 0 Å². The number of hydrogen-bond acceptors (Lipinski definition) is 5. The molecule has 1 aliphatic carbocycles. The Kier molecular flexibility index (Phi) is 4.03. The van der Waals surface area contributed by atoms with Gasteiger partial charge in [-0.1, -0.05) is 13.8 Å². The Balaban J connectivity index is 2.36. The van der Waals surface area contributed by atoms with Crippen molar-refractivity contribution in [3.63, 3.8) is 0 Å². The molecule has 3 rings (SSSR count). The minimum Gasteiger partial charge on any atom is -0.507 e. The standard InChI is InChI=1S/C20H20O5/c1-9(2)15-10(3)6-12-17(19(15)22)20(23)16-13(18(12)21)7-11(24-4)8-14(16)25-5/h6-9,22H,1-5H3.